The minimum atomic E-state index is -0.0579. The first-order chi connectivity index (χ1) is 11.0. The second-order valence-electron chi connectivity index (χ2n) is 5.69. The second kappa shape index (κ2) is 7.58. The Balaban J connectivity index is 1.83. The first-order valence-electron chi connectivity index (χ1n) is 7.57. The van der Waals surface area contributed by atoms with E-state index in [0.29, 0.717) is 24.5 Å². The Bertz CT molecular complexity index is 684. The number of hydrogen-bond donors (Lipinski definition) is 2. The third-order valence-electron chi connectivity index (χ3n) is 3.50. The number of rotatable bonds is 6. The van der Waals surface area contributed by atoms with E-state index >= 15 is 0 Å². The predicted octanol–water partition coefficient (Wildman–Crippen LogP) is 2.00. The maximum atomic E-state index is 12.2. The van der Waals surface area contributed by atoms with Gasteiger partial charge in [0.2, 0.25) is 0 Å². The molecule has 1 amide bonds. The van der Waals surface area contributed by atoms with Crippen LogP contribution < -0.4 is 15.5 Å². The Kier molecular flexibility index (Phi) is 5.51. The van der Waals surface area contributed by atoms with Crippen molar-refractivity contribution >= 4 is 17.4 Å². The molecule has 2 N–H and O–H groups in total. The molecule has 0 saturated heterocycles. The molecule has 0 aliphatic rings. The fourth-order valence-electron chi connectivity index (χ4n) is 2.22. The van der Waals surface area contributed by atoms with Gasteiger partial charge in [-0.2, -0.15) is 5.10 Å². The zero-order valence-electron chi connectivity index (χ0n) is 14.1. The molecule has 0 atom stereocenters. The minimum absolute atomic E-state index is 0.0579. The molecule has 0 unspecified atom stereocenters. The molecular weight excluding hydrogens is 290 g/mol. The first kappa shape index (κ1) is 16.7. The quantitative estimate of drug-likeness (QED) is 0.798. The average molecular weight is 313 g/mol. The van der Waals surface area contributed by atoms with Crippen molar-refractivity contribution in [2.75, 3.05) is 37.4 Å². The lowest BCUT2D eigenvalue weighted by molar-refractivity contribution is 0.0954. The van der Waals surface area contributed by atoms with Gasteiger partial charge in [0.25, 0.3) is 5.91 Å². The zero-order valence-corrected chi connectivity index (χ0v) is 14.1. The van der Waals surface area contributed by atoms with Crippen LogP contribution in [0.25, 0.3) is 0 Å². The van der Waals surface area contributed by atoms with Gasteiger partial charge in [-0.25, -0.2) is 0 Å². The van der Waals surface area contributed by atoms with Crippen LogP contribution in [0.15, 0.2) is 30.5 Å². The lowest BCUT2D eigenvalue weighted by atomic mass is 10.1. The van der Waals surface area contributed by atoms with E-state index in [0.717, 1.165) is 16.8 Å². The number of hydrogen-bond acceptors (Lipinski definition) is 5. The number of amides is 1. The van der Waals surface area contributed by atoms with E-state index < -0.39 is 0 Å². The third kappa shape index (κ3) is 4.67. The molecule has 0 saturated carbocycles. The highest BCUT2D eigenvalue weighted by atomic mass is 16.1. The third-order valence-corrected chi connectivity index (χ3v) is 3.50. The second-order valence-corrected chi connectivity index (χ2v) is 5.69. The molecule has 2 aromatic rings. The van der Waals surface area contributed by atoms with Gasteiger partial charge in [-0.15, -0.1) is 5.10 Å². The van der Waals surface area contributed by atoms with Gasteiger partial charge < -0.3 is 15.5 Å². The van der Waals surface area contributed by atoms with Gasteiger partial charge in [0.15, 0.2) is 5.82 Å². The summed E-state index contributed by atoms with van der Waals surface area (Å²) in [4.78, 5) is 14.1. The standard InChI is InChI=1S/C17H23N5O/c1-12-5-6-15(13(2)9-12)17(23)19-8-7-18-16-10-14(22(3)4)11-20-21-16/h5-6,9-11H,7-8H2,1-4H3,(H,18,21)(H,19,23). The van der Waals surface area contributed by atoms with E-state index in [1.807, 2.05) is 57.1 Å². The lowest BCUT2D eigenvalue weighted by Crippen LogP contribution is -2.29. The Hall–Kier alpha value is -2.63. The number of nitrogens with one attached hydrogen (secondary N) is 2. The van der Waals surface area contributed by atoms with E-state index in [1.165, 1.54) is 0 Å². The summed E-state index contributed by atoms with van der Waals surface area (Å²) in [5.74, 6) is 0.634. The topological polar surface area (TPSA) is 70.2 Å². The highest BCUT2D eigenvalue weighted by molar-refractivity contribution is 5.95. The molecule has 6 nitrogen and oxygen atoms in total. The molecule has 122 valence electrons. The monoisotopic (exact) mass is 313 g/mol. The van der Waals surface area contributed by atoms with Gasteiger partial charge in [0, 0.05) is 38.8 Å². The molecule has 0 aliphatic carbocycles. The lowest BCUT2D eigenvalue weighted by Gasteiger charge is -2.13. The summed E-state index contributed by atoms with van der Waals surface area (Å²) in [5, 5.41) is 14.0. The van der Waals surface area contributed by atoms with Crippen molar-refractivity contribution in [2.45, 2.75) is 13.8 Å². The van der Waals surface area contributed by atoms with Crippen LogP contribution >= 0.6 is 0 Å². The molecule has 23 heavy (non-hydrogen) atoms. The van der Waals surface area contributed by atoms with Crippen molar-refractivity contribution in [2.24, 2.45) is 0 Å². The maximum absolute atomic E-state index is 12.2. The van der Waals surface area contributed by atoms with Crippen molar-refractivity contribution in [1.82, 2.24) is 15.5 Å². The molecule has 0 bridgehead atoms. The van der Waals surface area contributed by atoms with Gasteiger partial charge in [-0.1, -0.05) is 17.7 Å². The summed E-state index contributed by atoms with van der Waals surface area (Å²) >= 11 is 0. The SMILES string of the molecule is Cc1ccc(C(=O)NCCNc2cc(N(C)C)cnn2)c(C)c1. The summed E-state index contributed by atoms with van der Waals surface area (Å²) < 4.78 is 0. The van der Waals surface area contributed by atoms with E-state index in [9.17, 15) is 4.79 Å². The largest absolute Gasteiger partial charge is 0.376 e. The van der Waals surface area contributed by atoms with E-state index in [1.54, 1.807) is 6.20 Å². The molecule has 0 fully saturated rings. The Morgan fingerprint density at radius 1 is 1.17 bits per heavy atom. The van der Waals surface area contributed by atoms with Crippen LogP contribution in [0.1, 0.15) is 21.5 Å². The van der Waals surface area contributed by atoms with Gasteiger partial charge in [-0.05, 0) is 25.5 Å². The summed E-state index contributed by atoms with van der Waals surface area (Å²) in [5.41, 5.74) is 3.83. The van der Waals surface area contributed by atoms with Gasteiger partial charge >= 0.3 is 0 Å². The number of benzene rings is 1. The molecule has 0 spiro atoms. The van der Waals surface area contributed by atoms with E-state index in [4.69, 9.17) is 0 Å². The van der Waals surface area contributed by atoms with Crippen molar-refractivity contribution in [3.8, 4) is 0 Å². The van der Waals surface area contributed by atoms with Crippen LogP contribution in [0.4, 0.5) is 11.5 Å². The van der Waals surface area contributed by atoms with Crippen molar-refractivity contribution in [3.05, 3.63) is 47.2 Å². The number of aryl methyl sites for hydroxylation is 2. The highest BCUT2D eigenvalue weighted by Crippen LogP contribution is 2.12. The van der Waals surface area contributed by atoms with Crippen LogP contribution in [0.2, 0.25) is 0 Å². The Labute approximate surface area is 136 Å². The predicted molar refractivity (Wildman–Crippen MR) is 93.1 cm³/mol. The summed E-state index contributed by atoms with van der Waals surface area (Å²) in [7, 11) is 3.90. The van der Waals surface area contributed by atoms with Crippen molar-refractivity contribution < 1.29 is 4.79 Å². The van der Waals surface area contributed by atoms with E-state index in [2.05, 4.69) is 20.8 Å². The van der Waals surface area contributed by atoms with Gasteiger partial charge in [0.1, 0.15) is 0 Å². The number of nitrogens with zero attached hydrogens (tertiary/aromatic N) is 3. The van der Waals surface area contributed by atoms with Crippen LogP contribution in [0.5, 0.6) is 0 Å². The Morgan fingerprint density at radius 2 is 1.96 bits per heavy atom. The van der Waals surface area contributed by atoms with Crippen LogP contribution in [0, 0.1) is 13.8 Å². The maximum Gasteiger partial charge on any atom is 0.251 e. The Morgan fingerprint density at radius 3 is 2.65 bits per heavy atom. The van der Waals surface area contributed by atoms with Gasteiger partial charge in [0.05, 0.1) is 11.9 Å². The smallest absolute Gasteiger partial charge is 0.251 e. The van der Waals surface area contributed by atoms with Gasteiger partial charge in [-0.3, -0.25) is 4.79 Å². The summed E-state index contributed by atoms with van der Waals surface area (Å²) in [6, 6.07) is 7.73. The molecule has 0 radical (unpaired) electrons. The summed E-state index contributed by atoms with van der Waals surface area (Å²) in [6.07, 6.45) is 1.70. The van der Waals surface area contributed by atoms with E-state index in [-0.39, 0.29) is 5.91 Å². The zero-order chi connectivity index (χ0) is 16.8. The fourth-order valence-corrected chi connectivity index (χ4v) is 2.22. The molecule has 1 heterocycles. The number of carbonyl (C=O) groups excluding carboxylic acids is 1. The molecule has 1 aromatic heterocycles. The fraction of sp³-hybridized carbons (Fsp3) is 0.353. The molecule has 1 aromatic carbocycles. The molecular formula is C17H23N5O. The number of aromatic nitrogens is 2. The minimum Gasteiger partial charge on any atom is -0.376 e. The molecule has 6 heteroatoms. The summed E-state index contributed by atoms with van der Waals surface area (Å²) in [6.45, 7) is 5.06. The van der Waals surface area contributed by atoms with Crippen LogP contribution in [-0.4, -0.2) is 43.3 Å². The number of anilines is 2. The number of carbonyl (C=O) groups is 1. The first-order valence-corrected chi connectivity index (χ1v) is 7.57. The van der Waals surface area contributed by atoms with Crippen molar-refractivity contribution in [1.29, 1.82) is 0 Å². The highest BCUT2D eigenvalue weighted by Gasteiger charge is 2.08. The molecule has 0 aliphatic heterocycles. The average Bonchev–Trinajstić information content (AvgIpc) is 2.51. The molecule has 2 rings (SSSR count). The van der Waals surface area contributed by atoms with Crippen LogP contribution in [-0.2, 0) is 0 Å². The normalized spacial score (nSPS) is 10.3. The van der Waals surface area contributed by atoms with Crippen molar-refractivity contribution in [3.63, 3.8) is 0 Å². The van der Waals surface area contributed by atoms with Crippen LogP contribution in [0.3, 0.4) is 0 Å².